The van der Waals surface area contributed by atoms with Crippen LogP contribution in [0.3, 0.4) is 0 Å². The third-order valence-electron chi connectivity index (χ3n) is 4.51. The largest absolute Gasteiger partial charge is 0.313 e. The summed E-state index contributed by atoms with van der Waals surface area (Å²) in [6.45, 7) is 11.7. The summed E-state index contributed by atoms with van der Waals surface area (Å²) in [6, 6.07) is 1.43. The van der Waals surface area contributed by atoms with E-state index in [1.54, 1.807) is 0 Å². The fraction of sp³-hybridized carbons (Fsp3) is 1.00. The highest BCUT2D eigenvalue weighted by Gasteiger charge is 2.36. The Kier molecular flexibility index (Phi) is 6.65. The van der Waals surface area contributed by atoms with Crippen molar-refractivity contribution in [2.24, 2.45) is 5.41 Å². The van der Waals surface area contributed by atoms with Crippen LogP contribution in [-0.2, 0) is 0 Å². The van der Waals surface area contributed by atoms with Gasteiger partial charge in [-0.2, -0.15) is 0 Å². The summed E-state index contributed by atoms with van der Waals surface area (Å²) in [7, 11) is 2.33. The molecule has 0 spiro atoms. The van der Waals surface area contributed by atoms with Gasteiger partial charge in [0.25, 0.3) is 0 Å². The van der Waals surface area contributed by atoms with Gasteiger partial charge in [0.05, 0.1) is 0 Å². The zero-order chi connectivity index (χ0) is 13.6. The molecule has 0 bridgehead atoms. The van der Waals surface area contributed by atoms with Gasteiger partial charge in [0, 0.05) is 12.1 Å². The van der Waals surface area contributed by atoms with Gasteiger partial charge in [-0.15, -0.1) is 0 Å². The van der Waals surface area contributed by atoms with Gasteiger partial charge in [0.15, 0.2) is 0 Å². The Bertz CT molecular complexity index is 225. The number of likely N-dealkylation sites (N-methyl/N-ethyl adjacent to an activating group) is 2. The fourth-order valence-electron chi connectivity index (χ4n) is 3.29. The van der Waals surface area contributed by atoms with E-state index >= 15 is 0 Å². The molecule has 0 amide bonds. The molecule has 1 aliphatic rings. The highest BCUT2D eigenvalue weighted by atomic mass is 15.2. The molecule has 1 N–H and O–H groups in total. The van der Waals surface area contributed by atoms with Gasteiger partial charge in [-0.05, 0) is 51.2 Å². The normalized spacial score (nSPS) is 27.7. The number of hydrogen-bond acceptors (Lipinski definition) is 2. The van der Waals surface area contributed by atoms with Crippen molar-refractivity contribution < 1.29 is 0 Å². The van der Waals surface area contributed by atoms with E-state index in [4.69, 9.17) is 0 Å². The smallest absolute Gasteiger partial charge is 0.0251 e. The molecule has 0 aliphatic heterocycles. The molecule has 2 unspecified atom stereocenters. The summed E-state index contributed by atoms with van der Waals surface area (Å²) >= 11 is 0. The second-order valence-electron chi connectivity index (χ2n) is 6.83. The zero-order valence-corrected chi connectivity index (χ0v) is 13.3. The maximum Gasteiger partial charge on any atom is 0.0251 e. The molecule has 1 aliphatic carbocycles. The summed E-state index contributed by atoms with van der Waals surface area (Å²) in [5.41, 5.74) is 0.523. The van der Waals surface area contributed by atoms with E-state index in [1.807, 2.05) is 0 Å². The van der Waals surface area contributed by atoms with E-state index in [1.165, 1.54) is 45.1 Å². The summed E-state index contributed by atoms with van der Waals surface area (Å²) in [5, 5.41) is 3.70. The van der Waals surface area contributed by atoms with Gasteiger partial charge >= 0.3 is 0 Å². The summed E-state index contributed by atoms with van der Waals surface area (Å²) in [4.78, 5) is 2.61. The molecule has 0 radical (unpaired) electrons. The number of nitrogens with zero attached hydrogens (tertiary/aromatic N) is 1. The third kappa shape index (κ3) is 4.89. The minimum Gasteiger partial charge on any atom is -0.313 e. The Balaban J connectivity index is 2.54. The van der Waals surface area contributed by atoms with Gasteiger partial charge in [0.2, 0.25) is 0 Å². The Hall–Kier alpha value is -0.0800. The Morgan fingerprint density at radius 3 is 2.56 bits per heavy atom. The van der Waals surface area contributed by atoms with Crippen LogP contribution < -0.4 is 5.32 Å². The van der Waals surface area contributed by atoms with E-state index in [2.05, 4.69) is 45.0 Å². The maximum atomic E-state index is 3.70. The van der Waals surface area contributed by atoms with Crippen LogP contribution in [0, 0.1) is 5.41 Å². The molecule has 1 rings (SSSR count). The van der Waals surface area contributed by atoms with E-state index in [-0.39, 0.29) is 0 Å². The quantitative estimate of drug-likeness (QED) is 0.697. The van der Waals surface area contributed by atoms with Crippen molar-refractivity contribution in [3.8, 4) is 0 Å². The number of unbranched alkanes of at least 4 members (excludes halogenated alkanes) is 2. The maximum absolute atomic E-state index is 3.70. The molecule has 0 aromatic carbocycles. The van der Waals surface area contributed by atoms with Gasteiger partial charge < -0.3 is 10.2 Å². The Labute approximate surface area is 115 Å². The summed E-state index contributed by atoms with van der Waals surface area (Å²) in [6.07, 6.45) is 8.08. The molecule has 0 aromatic heterocycles. The fourth-order valence-corrected chi connectivity index (χ4v) is 3.29. The molecular formula is C16H34N2. The standard InChI is InChI=1S/C16H34N2/c1-6-8-9-12-18(5)15-13-16(3,4)11-10-14(15)17-7-2/h14-15,17H,6-13H2,1-5H3. The van der Waals surface area contributed by atoms with Crippen molar-refractivity contribution >= 4 is 0 Å². The van der Waals surface area contributed by atoms with Crippen LogP contribution in [-0.4, -0.2) is 37.1 Å². The highest BCUT2D eigenvalue weighted by Crippen LogP contribution is 2.37. The van der Waals surface area contributed by atoms with Crippen LogP contribution in [0.1, 0.15) is 66.2 Å². The van der Waals surface area contributed by atoms with Crippen molar-refractivity contribution in [3.63, 3.8) is 0 Å². The number of nitrogens with one attached hydrogen (secondary N) is 1. The van der Waals surface area contributed by atoms with E-state index in [0.29, 0.717) is 11.5 Å². The van der Waals surface area contributed by atoms with Crippen LogP contribution in [0.2, 0.25) is 0 Å². The van der Waals surface area contributed by atoms with Crippen LogP contribution in [0.5, 0.6) is 0 Å². The van der Waals surface area contributed by atoms with Crippen molar-refractivity contribution in [2.75, 3.05) is 20.1 Å². The molecule has 108 valence electrons. The molecule has 2 atom stereocenters. The lowest BCUT2D eigenvalue weighted by Crippen LogP contribution is -2.53. The molecule has 0 aromatic rings. The topological polar surface area (TPSA) is 15.3 Å². The van der Waals surface area contributed by atoms with Crippen LogP contribution in [0.4, 0.5) is 0 Å². The van der Waals surface area contributed by atoms with Gasteiger partial charge in [-0.3, -0.25) is 0 Å². The monoisotopic (exact) mass is 254 g/mol. The predicted molar refractivity (Wildman–Crippen MR) is 81.0 cm³/mol. The van der Waals surface area contributed by atoms with Gasteiger partial charge in [0.1, 0.15) is 0 Å². The van der Waals surface area contributed by atoms with Crippen molar-refractivity contribution in [1.29, 1.82) is 0 Å². The molecule has 0 heterocycles. The predicted octanol–water partition coefficient (Wildman–Crippen LogP) is 3.67. The van der Waals surface area contributed by atoms with Gasteiger partial charge in [-0.25, -0.2) is 0 Å². The first-order chi connectivity index (χ1) is 8.50. The third-order valence-corrected chi connectivity index (χ3v) is 4.51. The minimum absolute atomic E-state index is 0.523. The van der Waals surface area contributed by atoms with E-state index in [9.17, 15) is 0 Å². The Morgan fingerprint density at radius 1 is 1.22 bits per heavy atom. The molecule has 1 saturated carbocycles. The molecule has 1 fully saturated rings. The highest BCUT2D eigenvalue weighted by molar-refractivity contribution is 4.93. The molecular weight excluding hydrogens is 220 g/mol. The van der Waals surface area contributed by atoms with E-state index < -0.39 is 0 Å². The molecule has 2 nitrogen and oxygen atoms in total. The first-order valence-corrected chi connectivity index (χ1v) is 7.94. The van der Waals surface area contributed by atoms with Crippen LogP contribution >= 0.6 is 0 Å². The molecule has 18 heavy (non-hydrogen) atoms. The Morgan fingerprint density at radius 2 is 1.94 bits per heavy atom. The second kappa shape index (κ2) is 7.49. The lowest BCUT2D eigenvalue weighted by molar-refractivity contribution is 0.0815. The first-order valence-electron chi connectivity index (χ1n) is 7.94. The zero-order valence-electron chi connectivity index (χ0n) is 13.3. The number of hydrogen-bond donors (Lipinski definition) is 1. The minimum atomic E-state index is 0.523. The lowest BCUT2D eigenvalue weighted by Gasteiger charge is -2.45. The van der Waals surface area contributed by atoms with Gasteiger partial charge in [-0.1, -0.05) is 40.5 Å². The second-order valence-corrected chi connectivity index (χ2v) is 6.83. The molecule has 2 heteroatoms. The van der Waals surface area contributed by atoms with E-state index in [0.717, 1.165) is 12.6 Å². The van der Waals surface area contributed by atoms with Crippen molar-refractivity contribution in [2.45, 2.75) is 78.3 Å². The molecule has 0 saturated heterocycles. The average Bonchev–Trinajstić information content (AvgIpc) is 2.31. The van der Waals surface area contributed by atoms with Crippen molar-refractivity contribution in [3.05, 3.63) is 0 Å². The summed E-state index contributed by atoms with van der Waals surface area (Å²) < 4.78 is 0. The van der Waals surface area contributed by atoms with Crippen LogP contribution in [0.15, 0.2) is 0 Å². The van der Waals surface area contributed by atoms with Crippen molar-refractivity contribution in [1.82, 2.24) is 10.2 Å². The summed E-state index contributed by atoms with van der Waals surface area (Å²) in [5.74, 6) is 0. The first kappa shape index (κ1) is 16.0. The van der Waals surface area contributed by atoms with Crippen LogP contribution in [0.25, 0.3) is 0 Å². The lowest BCUT2D eigenvalue weighted by atomic mass is 9.72. The number of rotatable bonds is 7. The SMILES string of the molecule is CCCCCN(C)C1CC(C)(C)CCC1NCC. The average molecular weight is 254 g/mol.